The predicted octanol–water partition coefficient (Wildman–Crippen LogP) is 5.43. The molecule has 4 aromatic rings. The predicted molar refractivity (Wildman–Crippen MR) is 121 cm³/mol. The van der Waals surface area contributed by atoms with Gasteiger partial charge in [-0.2, -0.15) is 0 Å². The molecule has 0 aliphatic carbocycles. The monoisotopic (exact) mass is 403 g/mol. The summed E-state index contributed by atoms with van der Waals surface area (Å²) < 4.78 is 5.34. The van der Waals surface area contributed by atoms with Crippen molar-refractivity contribution < 1.29 is 9.21 Å². The Morgan fingerprint density at radius 1 is 0.966 bits per heavy atom. The van der Waals surface area contributed by atoms with E-state index in [2.05, 4.69) is 5.32 Å². The van der Waals surface area contributed by atoms with Crippen molar-refractivity contribution >= 4 is 45.1 Å². The molecule has 29 heavy (non-hydrogen) atoms. The Hall–Kier alpha value is -3.05. The fourth-order valence-electron chi connectivity index (χ4n) is 3.32. The van der Waals surface area contributed by atoms with Crippen LogP contribution in [-0.4, -0.2) is 11.7 Å². The van der Waals surface area contributed by atoms with Gasteiger partial charge < -0.3 is 9.73 Å². The molecular formula is C24H21NO3S. The minimum atomic E-state index is -0.364. The number of carbonyl (C=O) groups excluding carboxylic acids is 1. The van der Waals surface area contributed by atoms with Crippen molar-refractivity contribution in [2.45, 2.75) is 19.6 Å². The van der Waals surface area contributed by atoms with Crippen LogP contribution >= 0.6 is 11.8 Å². The molecule has 4 rings (SSSR count). The van der Waals surface area contributed by atoms with E-state index in [4.69, 9.17) is 4.42 Å². The largest absolute Gasteiger partial charge is 0.423 e. The number of hydrogen-bond donors (Lipinski definition) is 1. The van der Waals surface area contributed by atoms with E-state index < -0.39 is 0 Å². The van der Waals surface area contributed by atoms with Crippen LogP contribution in [0, 0.1) is 13.8 Å². The normalized spacial score (nSPS) is 11.1. The lowest BCUT2D eigenvalue weighted by molar-refractivity contribution is -0.113. The number of anilines is 1. The van der Waals surface area contributed by atoms with Crippen LogP contribution in [0.5, 0.6) is 0 Å². The second-order valence-electron chi connectivity index (χ2n) is 7.13. The lowest BCUT2D eigenvalue weighted by Gasteiger charge is -2.09. The van der Waals surface area contributed by atoms with E-state index in [1.165, 1.54) is 17.8 Å². The first-order chi connectivity index (χ1) is 14.0. The Kier molecular flexibility index (Phi) is 5.41. The lowest BCUT2D eigenvalue weighted by Crippen LogP contribution is -2.14. The molecule has 1 heterocycles. The van der Waals surface area contributed by atoms with Gasteiger partial charge in [-0.25, -0.2) is 4.79 Å². The number of hydrogen-bond acceptors (Lipinski definition) is 4. The molecule has 3 aromatic carbocycles. The van der Waals surface area contributed by atoms with Crippen LogP contribution in [0.25, 0.3) is 21.7 Å². The van der Waals surface area contributed by atoms with Crippen molar-refractivity contribution in [1.82, 2.24) is 0 Å². The van der Waals surface area contributed by atoms with Gasteiger partial charge in [0.1, 0.15) is 5.58 Å². The number of nitrogens with one attached hydrogen (secondary N) is 1. The molecule has 0 radical (unpaired) electrons. The van der Waals surface area contributed by atoms with E-state index in [0.717, 1.165) is 38.5 Å². The zero-order valence-electron chi connectivity index (χ0n) is 16.3. The first-order valence-corrected chi connectivity index (χ1v) is 10.6. The fraction of sp³-hybridized carbons (Fsp3) is 0.167. The molecule has 1 amide bonds. The maximum Gasteiger partial charge on any atom is 0.336 e. The molecule has 0 atom stereocenters. The van der Waals surface area contributed by atoms with Crippen LogP contribution in [0.4, 0.5) is 5.69 Å². The highest BCUT2D eigenvalue weighted by molar-refractivity contribution is 7.99. The first kappa shape index (κ1) is 19.3. The average molecular weight is 404 g/mol. The molecule has 0 spiro atoms. The van der Waals surface area contributed by atoms with Gasteiger partial charge in [0.15, 0.2) is 0 Å². The summed E-state index contributed by atoms with van der Waals surface area (Å²) in [6.45, 7) is 4.03. The number of carbonyl (C=O) groups is 1. The van der Waals surface area contributed by atoms with Crippen LogP contribution in [0.1, 0.15) is 16.7 Å². The Morgan fingerprint density at radius 2 is 1.72 bits per heavy atom. The van der Waals surface area contributed by atoms with E-state index in [0.29, 0.717) is 17.1 Å². The molecular weight excluding hydrogens is 382 g/mol. The Bertz CT molecular complexity index is 1280. The third-order valence-electron chi connectivity index (χ3n) is 4.97. The quantitative estimate of drug-likeness (QED) is 0.451. The molecule has 0 saturated heterocycles. The van der Waals surface area contributed by atoms with Crippen molar-refractivity contribution in [3.05, 3.63) is 87.8 Å². The van der Waals surface area contributed by atoms with Crippen molar-refractivity contribution in [1.29, 1.82) is 0 Å². The van der Waals surface area contributed by atoms with E-state index in [9.17, 15) is 9.59 Å². The van der Waals surface area contributed by atoms with Gasteiger partial charge >= 0.3 is 5.63 Å². The molecule has 5 heteroatoms. The highest BCUT2D eigenvalue weighted by Gasteiger charge is 2.10. The fourth-order valence-corrected chi connectivity index (χ4v) is 4.14. The van der Waals surface area contributed by atoms with Crippen LogP contribution < -0.4 is 10.9 Å². The van der Waals surface area contributed by atoms with E-state index in [1.807, 2.05) is 68.4 Å². The summed E-state index contributed by atoms with van der Waals surface area (Å²) in [4.78, 5) is 24.2. The minimum absolute atomic E-state index is 0.0652. The summed E-state index contributed by atoms with van der Waals surface area (Å²) in [5.41, 5.74) is 4.13. The summed E-state index contributed by atoms with van der Waals surface area (Å²) in [6, 6.07) is 19.4. The van der Waals surface area contributed by atoms with Gasteiger partial charge in [0.05, 0.1) is 5.75 Å². The highest BCUT2D eigenvalue weighted by atomic mass is 32.2. The topological polar surface area (TPSA) is 59.3 Å². The maximum absolute atomic E-state index is 12.4. The van der Waals surface area contributed by atoms with Crippen LogP contribution in [0.3, 0.4) is 0 Å². The smallest absolute Gasteiger partial charge is 0.336 e. The summed E-state index contributed by atoms with van der Waals surface area (Å²) in [7, 11) is 0. The Balaban J connectivity index is 1.43. The number of aryl methyl sites for hydroxylation is 2. The first-order valence-electron chi connectivity index (χ1n) is 9.40. The Morgan fingerprint density at radius 3 is 2.55 bits per heavy atom. The molecule has 0 saturated carbocycles. The number of rotatable bonds is 5. The van der Waals surface area contributed by atoms with Crippen LogP contribution in [-0.2, 0) is 10.5 Å². The Labute approximate surface area is 172 Å². The third kappa shape index (κ3) is 4.35. The second kappa shape index (κ2) is 8.13. The molecule has 1 N–H and O–H groups in total. The van der Waals surface area contributed by atoms with Gasteiger partial charge in [0.25, 0.3) is 0 Å². The molecule has 4 nitrogen and oxygen atoms in total. The van der Waals surface area contributed by atoms with E-state index in [1.54, 1.807) is 0 Å². The average Bonchev–Trinajstić information content (AvgIpc) is 2.69. The molecule has 0 unspecified atom stereocenters. The van der Waals surface area contributed by atoms with Crippen molar-refractivity contribution in [2.75, 3.05) is 11.1 Å². The standard InChI is InChI=1S/C24H21NO3S/c1-15-9-21-19(12-24(27)28-22(21)10-16(15)2)13-29-14-23(26)25-20-8-7-17-5-3-4-6-18(17)11-20/h3-12H,13-14H2,1-2H3,(H,25,26). The van der Waals surface area contributed by atoms with Gasteiger partial charge in [-0.1, -0.05) is 30.3 Å². The number of amides is 1. The highest BCUT2D eigenvalue weighted by Crippen LogP contribution is 2.25. The summed E-state index contributed by atoms with van der Waals surface area (Å²) in [5, 5.41) is 6.10. The third-order valence-corrected chi connectivity index (χ3v) is 5.95. The summed E-state index contributed by atoms with van der Waals surface area (Å²) in [5.74, 6) is 0.805. The van der Waals surface area contributed by atoms with Crippen molar-refractivity contribution in [2.24, 2.45) is 0 Å². The SMILES string of the molecule is Cc1cc2oc(=O)cc(CSCC(=O)Nc3ccc4ccccc4c3)c2cc1C. The summed E-state index contributed by atoms with van der Waals surface area (Å²) >= 11 is 1.48. The molecule has 1 aromatic heterocycles. The number of fused-ring (bicyclic) bond motifs is 2. The second-order valence-corrected chi connectivity index (χ2v) is 8.11. The zero-order valence-corrected chi connectivity index (χ0v) is 17.1. The molecule has 0 bridgehead atoms. The van der Waals surface area contributed by atoms with Crippen molar-refractivity contribution in [3.63, 3.8) is 0 Å². The van der Waals surface area contributed by atoms with E-state index >= 15 is 0 Å². The number of thioether (sulfide) groups is 1. The molecule has 0 fully saturated rings. The van der Waals surface area contributed by atoms with Gasteiger partial charge in [-0.05, 0) is 65.6 Å². The van der Waals surface area contributed by atoms with Gasteiger partial charge in [-0.15, -0.1) is 11.8 Å². The molecule has 0 aliphatic rings. The molecule has 146 valence electrons. The van der Waals surface area contributed by atoms with Gasteiger partial charge in [0.2, 0.25) is 5.91 Å². The lowest BCUT2D eigenvalue weighted by atomic mass is 10.0. The number of benzene rings is 3. The van der Waals surface area contributed by atoms with Gasteiger partial charge in [0, 0.05) is 22.9 Å². The van der Waals surface area contributed by atoms with E-state index in [-0.39, 0.29) is 11.5 Å². The van der Waals surface area contributed by atoms with Crippen LogP contribution in [0.15, 0.2) is 69.9 Å². The van der Waals surface area contributed by atoms with Gasteiger partial charge in [-0.3, -0.25) is 4.79 Å². The maximum atomic E-state index is 12.4. The summed E-state index contributed by atoms with van der Waals surface area (Å²) in [6.07, 6.45) is 0. The zero-order chi connectivity index (χ0) is 20.4. The van der Waals surface area contributed by atoms with Crippen LogP contribution in [0.2, 0.25) is 0 Å². The minimum Gasteiger partial charge on any atom is -0.423 e. The molecule has 0 aliphatic heterocycles. The van der Waals surface area contributed by atoms with Crippen molar-refractivity contribution in [3.8, 4) is 0 Å².